The van der Waals surface area contributed by atoms with Gasteiger partial charge in [0.15, 0.2) is 5.65 Å². The molecule has 0 bridgehead atoms. The lowest BCUT2D eigenvalue weighted by Gasteiger charge is -2.31. The largest absolute Gasteiger partial charge is 0.508 e. The van der Waals surface area contributed by atoms with Gasteiger partial charge in [0.05, 0.1) is 10.9 Å². The van der Waals surface area contributed by atoms with Crippen molar-refractivity contribution < 1.29 is 9.50 Å². The van der Waals surface area contributed by atoms with Gasteiger partial charge in [-0.25, -0.2) is 24.0 Å². The van der Waals surface area contributed by atoms with E-state index >= 15 is 0 Å². The highest BCUT2D eigenvalue weighted by atomic mass is 19.1. The number of nitrogen functional groups attached to an aromatic ring is 1. The average Bonchev–Trinajstić information content (AvgIpc) is 3.20. The van der Waals surface area contributed by atoms with Crippen LogP contribution in [0.2, 0.25) is 0 Å². The molecule has 3 N–H and O–H groups in total. The van der Waals surface area contributed by atoms with E-state index in [9.17, 15) is 14.3 Å². The van der Waals surface area contributed by atoms with Crippen LogP contribution in [0, 0.1) is 5.82 Å². The highest BCUT2D eigenvalue weighted by Gasteiger charge is 2.30. The molecule has 6 rings (SSSR count). The molecule has 3 aromatic heterocycles. The van der Waals surface area contributed by atoms with Gasteiger partial charge in [0.25, 0.3) is 5.56 Å². The predicted molar refractivity (Wildman–Crippen MR) is 129 cm³/mol. The molecule has 1 unspecified atom stereocenters. The number of phenols is 1. The minimum Gasteiger partial charge on any atom is -0.508 e. The van der Waals surface area contributed by atoms with Gasteiger partial charge in [-0.2, -0.15) is 5.10 Å². The maximum atomic E-state index is 14.6. The minimum absolute atomic E-state index is 0.00677. The van der Waals surface area contributed by atoms with Gasteiger partial charge in [0.1, 0.15) is 46.7 Å². The van der Waals surface area contributed by atoms with Crippen LogP contribution in [0.25, 0.3) is 33.2 Å². The lowest BCUT2D eigenvalue weighted by atomic mass is 9.92. The monoisotopic (exact) mass is 471 g/mol. The summed E-state index contributed by atoms with van der Waals surface area (Å²) in [7, 11) is 0. The number of hydrogen-bond acceptors (Lipinski definition) is 7. The number of nitrogens with zero attached hydrogens (tertiary/aromatic N) is 6. The summed E-state index contributed by atoms with van der Waals surface area (Å²) in [6, 6.07) is 10.6. The number of nitrogens with two attached hydrogens (primary N) is 1. The molecule has 0 aliphatic heterocycles. The Hall–Kier alpha value is -4.34. The molecule has 5 aromatic rings. The molecule has 176 valence electrons. The van der Waals surface area contributed by atoms with E-state index in [0.29, 0.717) is 33.6 Å². The van der Waals surface area contributed by atoms with Crippen molar-refractivity contribution in [2.75, 3.05) is 5.73 Å². The third kappa shape index (κ3) is 3.24. The third-order valence-corrected chi connectivity index (χ3v) is 6.72. The van der Waals surface area contributed by atoms with Crippen LogP contribution in [-0.2, 0) is 0 Å². The number of benzene rings is 2. The zero-order valence-corrected chi connectivity index (χ0v) is 18.9. The number of anilines is 1. The van der Waals surface area contributed by atoms with Crippen molar-refractivity contribution in [1.29, 1.82) is 0 Å². The van der Waals surface area contributed by atoms with Crippen molar-refractivity contribution in [3.63, 3.8) is 0 Å². The summed E-state index contributed by atoms with van der Waals surface area (Å²) in [5.41, 5.74) is 7.76. The number of halogens is 1. The van der Waals surface area contributed by atoms with E-state index in [1.54, 1.807) is 39.6 Å². The molecule has 0 spiro atoms. The van der Waals surface area contributed by atoms with Crippen molar-refractivity contribution >= 4 is 27.8 Å². The Kier molecular flexibility index (Phi) is 4.77. The molecular weight excluding hydrogens is 449 g/mol. The molecule has 1 aliphatic carbocycles. The van der Waals surface area contributed by atoms with Gasteiger partial charge in [0.2, 0.25) is 0 Å². The molecule has 10 heteroatoms. The maximum absolute atomic E-state index is 14.6. The van der Waals surface area contributed by atoms with Crippen LogP contribution in [0.4, 0.5) is 10.2 Å². The molecule has 1 atom stereocenters. The first-order valence-corrected chi connectivity index (χ1v) is 11.4. The van der Waals surface area contributed by atoms with E-state index in [2.05, 4.69) is 9.97 Å². The number of fused-ring (bicyclic) bond motifs is 2. The Bertz CT molecular complexity index is 1670. The van der Waals surface area contributed by atoms with Crippen LogP contribution in [0.5, 0.6) is 5.75 Å². The Morgan fingerprint density at radius 1 is 1.14 bits per heavy atom. The van der Waals surface area contributed by atoms with E-state index in [0.717, 1.165) is 19.3 Å². The molecular formula is C25H22FN7O2. The number of aromatic hydroxyl groups is 1. The first kappa shape index (κ1) is 21.2. The Morgan fingerprint density at radius 2 is 1.94 bits per heavy atom. The van der Waals surface area contributed by atoms with Gasteiger partial charge in [-0.15, -0.1) is 0 Å². The smallest absolute Gasteiger partial charge is 0.264 e. The van der Waals surface area contributed by atoms with E-state index < -0.39 is 17.4 Å². The van der Waals surface area contributed by atoms with E-state index in [1.807, 2.05) is 13.0 Å². The normalized spacial score (nSPS) is 14.9. The highest BCUT2D eigenvalue weighted by Crippen LogP contribution is 2.36. The second kappa shape index (κ2) is 7.86. The van der Waals surface area contributed by atoms with Crippen molar-refractivity contribution in [2.24, 2.45) is 0 Å². The fourth-order valence-corrected chi connectivity index (χ4v) is 4.74. The Balaban J connectivity index is 1.62. The number of aromatic nitrogens is 6. The summed E-state index contributed by atoms with van der Waals surface area (Å²) in [5, 5.41) is 15.4. The topological polar surface area (TPSA) is 125 Å². The predicted octanol–water partition coefficient (Wildman–Crippen LogP) is 3.96. The fourth-order valence-electron chi connectivity index (χ4n) is 4.74. The van der Waals surface area contributed by atoms with Gasteiger partial charge in [-0.1, -0.05) is 18.2 Å². The maximum Gasteiger partial charge on any atom is 0.264 e. The fraction of sp³-hybridized carbons (Fsp3) is 0.240. The third-order valence-electron chi connectivity index (χ3n) is 6.72. The molecule has 1 fully saturated rings. The summed E-state index contributed by atoms with van der Waals surface area (Å²) < 4.78 is 17.9. The molecule has 0 radical (unpaired) electrons. The van der Waals surface area contributed by atoms with Crippen LogP contribution >= 0.6 is 0 Å². The molecule has 0 saturated heterocycles. The Labute approximate surface area is 198 Å². The highest BCUT2D eigenvalue weighted by molar-refractivity contribution is 5.98. The second-order valence-corrected chi connectivity index (χ2v) is 8.84. The molecule has 1 saturated carbocycles. The van der Waals surface area contributed by atoms with Gasteiger partial charge >= 0.3 is 0 Å². The van der Waals surface area contributed by atoms with E-state index in [4.69, 9.17) is 15.8 Å². The van der Waals surface area contributed by atoms with Crippen molar-refractivity contribution in [3.8, 4) is 17.0 Å². The summed E-state index contributed by atoms with van der Waals surface area (Å²) in [4.78, 5) is 26.8. The molecule has 0 amide bonds. The van der Waals surface area contributed by atoms with Gasteiger partial charge in [-0.3, -0.25) is 9.36 Å². The molecule has 35 heavy (non-hydrogen) atoms. The SMILES string of the molecule is CC(c1nc2cccc(F)c2c(=O)n1C1CCC1)n1nc(-c2cccc(O)c2)c2c(N)ncnc21. The standard InChI is InChI=1S/C25H22FN7O2/c1-13(23-30-18-10-4-9-17(26)19(18)25(35)32(23)15-6-3-7-15)33-24-20(22(27)28-12-29-24)21(31-33)14-5-2-8-16(34)11-14/h2,4-5,8-13,15,34H,3,6-7H2,1H3,(H2,27,28,29). The first-order chi connectivity index (χ1) is 16.9. The van der Waals surface area contributed by atoms with Crippen LogP contribution in [0.1, 0.15) is 44.1 Å². The van der Waals surface area contributed by atoms with Gasteiger partial charge in [-0.05, 0) is 50.5 Å². The quantitative estimate of drug-likeness (QED) is 0.406. The summed E-state index contributed by atoms with van der Waals surface area (Å²) >= 11 is 0. The zero-order chi connectivity index (χ0) is 24.3. The molecule has 9 nitrogen and oxygen atoms in total. The van der Waals surface area contributed by atoms with Gasteiger partial charge in [0, 0.05) is 11.6 Å². The minimum atomic E-state index is -0.580. The Morgan fingerprint density at radius 3 is 2.69 bits per heavy atom. The zero-order valence-electron chi connectivity index (χ0n) is 18.9. The molecule has 3 heterocycles. The van der Waals surface area contributed by atoms with Gasteiger partial charge < -0.3 is 10.8 Å². The molecule has 1 aliphatic rings. The first-order valence-electron chi connectivity index (χ1n) is 11.4. The lowest BCUT2D eigenvalue weighted by molar-refractivity contribution is 0.288. The number of hydrogen-bond donors (Lipinski definition) is 2. The second-order valence-electron chi connectivity index (χ2n) is 8.84. The van der Waals surface area contributed by atoms with Crippen molar-refractivity contribution in [3.05, 3.63) is 70.8 Å². The van der Waals surface area contributed by atoms with Crippen LogP contribution in [0.3, 0.4) is 0 Å². The summed E-state index contributed by atoms with van der Waals surface area (Å²) in [6.07, 6.45) is 4.00. The van der Waals surface area contributed by atoms with Crippen LogP contribution in [0.15, 0.2) is 53.6 Å². The van der Waals surface area contributed by atoms with Crippen molar-refractivity contribution in [1.82, 2.24) is 29.3 Å². The van der Waals surface area contributed by atoms with Crippen molar-refractivity contribution in [2.45, 2.75) is 38.3 Å². The average molecular weight is 471 g/mol. The summed E-state index contributed by atoms with van der Waals surface area (Å²) in [6.45, 7) is 1.87. The van der Waals surface area contributed by atoms with Crippen LogP contribution in [-0.4, -0.2) is 34.4 Å². The van der Waals surface area contributed by atoms with E-state index in [1.165, 1.54) is 12.4 Å². The lowest BCUT2D eigenvalue weighted by Crippen LogP contribution is -2.35. The number of rotatable bonds is 4. The molecule has 2 aromatic carbocycles. The number of phenolic OH excluding ortho intramolecular Hbond substituents is 1. The van der Waals surface area contributed by atoms with E-state index in [-0.39, 0.29) is 23.0 Å². The van der Waals surface area contributed by atoms with Crippen LogP contribution < -0.4 is 11.3 Å². The summed E-state index contributed by atoms with van der Waals surface area (Å²) in [5.74, 6) is 0.229.